The molecule has 0 bridgehead atoms. The zero-order valence-electron chi connectivity index (χ0n) is 11.9. The molecule has 5 heteroatoms. The Kier molecular flexibility index (Phi) is 5.00. The Morgan fingerprint density at radius 3 is 2.38 bits per heavy atom. The quantitative estimate of drug-likeness (QED) is 0.920. The maximum absolute atomic E-state index is 13.0. The standard InChI is InChI=1S/C16H17FN2O2/c1-11(19-16(20)13-7-9-18-10-8-13)15(21-2)12-3-5-14(17)6-4-12/h3-11,15H,1-2H3,(H,19,20)/t11-,15-/m0/s1. The number of carbonyl (C=O) groups excluding carboxylic acids is 1. The van der Waals surface area contributed by atoms with Crippen molar-refractivity contribution in [2.24, 2.45) is 0 Å². The first kappa shape index (κ1) is 15.1. The highest BCUT2D eigenvalue weighted by Crippen LogP contribution is 2.21. The summed E-state index contributed by atoms with van der Waals surface area (Å²) in [5.41, 5.74) is 1.34. The Hall–Kier alpha value is -2.27. The molecule has 0 unspecified atom stereocenters. The molecule has 0 spiro atoms. The van der Waals surface area contributed by atoms with Crippen molar-refractivity contribution in [2.45, 2.75) is 19.1 Å². The molecule has 2 atom stereocenters. The Labute approximate surface area is 123 Å². The fourth-order valence-electron chi connectivity index (χ4n) is 2.15. The summed E-state index contributed by atoms with van der Waals surface area (Å²) in [5, 5.41) is 2.87. The van der Waals surface area contributed by atoms with Crippen LogP contribution in [0, 0.1) is 5.82 Å². The third kappa shape index (κ3) is 3.86. The van der Waals surface area contributed by atoms with E-state index in [4.69, 9.17) is 4.74 Å². The van der Waals surface area contributed by atoms with Crippen LogP contribution in [0.15, 0.2) is 48.8 Å². The third-order valence-corrected chi connectivity index (χ3v) is 3.21. The SMILES string of the molecule is CO[C@H](c1ccc(F)cc1)[C@H](C)NC(=O)c1ccncc1. The number of nitrogens with zero attached hydrogens (tertiary/aromatic N) is 1. The van der Waals surface area contributed by atoms with Crippen LogP contribution in [-0.4, -0.2) is 24.0 Å². The number of methoxy groups -OCH3 is 1. The molecular formula is C16H17FN2O2. The van der Waals surface area contributed by atoms with Gasteiger partial charge in [-0.25, -0.2) is 4.39 Å². The van der Waals surface area contributed by atoms with Crippen LogP contribution in [0.5, 0.6) is 0 Å². The lowest BCUT2D eigenvalue weighted by Crippen LogP contribution is -2.37. The number of hydrogen-bond donors (Lipinski definition) is 1. The summed E-state index contributed by atoms with van der Waals surface area (Å²) < 4.78 is 18.4. The average Bonchev–Trinajstić information content (AvgIpc) is 2.50. The van der Waals surface area contributed by atoms with Crippen molar-refractivity contribution < 1.29 is 13.9 Å². The summed E-state index contributed by atoms with van der Waals surface area (Å²) in [4.78, 5) is 16.0. The minimum atomic E-state index is -0.351. The average molecular weight is 288 g/mol. The second-order valence-corrected chi connectivity index (χ2v) is 4.71. The molecular weight excluding hydrogens is 271 g/mol. The van der Waals surface area contributed by atoms with Gasteiger partial charge in [0.1, 0.15) is 11.9 Å². The molecule has 0 aliphatic rings. The van der Waals surface area contributed by atoms with Gasteiger partial charge >= 0.3 is 0 Å². The Morgan fingerprint density at radius 1 is 1.19 bits per heavy atom. The number of hydrogen-bond acceptors (Lipinski definition) is 3. The third-order valence-electron chi connectivity index (χ3n) is 3.21. The van der Waals surface area contributed by atoms with E-state index in [9.17, 15) is 9.18 Å². The molecule has 1 amide bonds. The van der Waals surface area contributed by atoms with Gasteiger partial charge in [-0.1, -0.05) is 12.1 Å². The molecule has 2 rings (SSSR count). The Balaban J connectivity index is 2.08. The highest BCUT2D eigenvalue weighted by Gasteiger charge is 2.21. The van der Waals surface area contributed by atoms with E-state index in [-0.39, 0.29) is 23.9 Å². The van der Waals surface area contributed by atoms with Crippen LogP contribution in [-0.2, 0) is 4.74 Å². The predicted molar refractivity (Wildman–Crippen MR) is 77.3 cm³/mol. The number of ether oxygens (including phenoxy) is 1. The van der Waals surface area contributed by atoms with E-state index in [2.05, 4.69) is 10.3 Å². The van der Waals surface area contributed by atoms with E-state index in [0.29, 0.717) is 5.56 Å². The van der Waals surface area contributed by atoms with Gasteiger partial charge in [0, 0.05) is 25.1 Å². The molecule has 0 fully saturated rings. The van der Waals surface area contributed by atoms with Gasteiger partial charge in [-0.05, 0) is 36.8 Å². The van der Waals surface area contributed by atoms with Gasteiger partial charge in [0.05, 0.1) is 6.04 Å². The number of aromatic nitrogens is 1. The summed E-state index contributed by atoms with van der Waals surface area (Å²) in [7, 11) is 1.56. The monoisotopic (exact) mass is 288 g/mol. The zero-order valence-corrected chi connectivity index (χ0v) is 11.9. The number of halogens is 1. The fourth-order valence-corrected chi connectivity index (χ4v) is 2.15. The van der Waals surface area contributed by atoms with Crippen LogP contribution in [0.3, 0.4) is 0 Å². The number of pyridine rings is 1. The molecule has 1 N–H and O–H groups in total. The van der Waals surface area contributed by atoms with Gasteiger partial charge in [-0.15, -0.1) is 0 Å². The van der Waals surface area contributed by atoms with Crippen molar-refractivity contribution in [1.29, 1.82) is 0 Å². The fraction of sp³-hybridized carbons (Fsp3) is 0.250. The second kappa shape index (κ2) is 6.95. The molecule has 2 aromatic rings. The summed E-state index contributed by atoms with van der Waals surface area (Å²) >= 11 is 0. The van der Waals surface area contributed by atoms with E-state index in [0.717, 1.165) is 5.56 Å². The first-order chi connectivity index (χ1) is 10.1. The molecule has 110 valence electrons. The number of carbonyl (C=O) groups is 1. The van der Waals surface area contributed by atoms with Crippen molar-refractivity contribution in [1.82, 2.24) is 10.3 Å². The van der Waals surface area contributed by atoms with Crippen LogP contribution >= 0.6 is 0 Å². The van der Waals surface area contributed by atoms with Crippen molar-refractivity contribution in [3.8, 4) is 0 Å². The molecule has 21 heavy (non-hydrogen) atoms. The maximum atomic E-state index is 13.0. The summed E-state index contributed by atoms with van der Waals surface area (Å²) in [6, 6.07) is 9.07. The first-order valence-corrected chi connectivity index (χ1v) is 6.61. The molecule has 0 saturated carbocycles. The highest BCUT2D eigenvalue weighted by atomic mass is 19.1. The number of rotatable bonds is 5. The van der Waals surface area contributed by atoms with Gasteiger partial charge in [0.15, 0.2) is 0 Å². The lowest BCUT2D eigenvalue weighted by atomic mass is 10.0. The van der Waals surface area contributed by atoms with E-state index in [1.165, 1.54) is 12.1 Å². The van der Waals surface area contributed by atoms with E-state index in [1.54, 1.807) is 43.8 Å². The van der Waals surface area contributed by atoms with Gasteiger partial charge in [0.2, 0.25) is 0 Å². The van der Waals surface area contributed by atoms with Crippen molar-refractivity contribution in [2.75, 3.05) is 7.11 Å². The van der Waals surface area contributed by atoms with Gasteiger partial charge in [-0.3, -0.25) is 9.78 Å². The van der Waals surface area contributed by atoms with Gasteiger partial charge in [0.25, 0.3) is 5.91 Å². The zero-order chi connectivity index (χ0) is 15.2. The topological polar surface area (TPSA) is 51.2 Å². The molecule has 0 saturated heterocycles. The highest BCUT2D eigenvalue weighted by molar-refractivity contribution is 5.94. The van der Waals surface area contributed by atoms with Crippen LogP contribution < -0.4 is 5.32 Å². The van der Waals surface area contributed by atoms with Crippen LogP contribution in [0.4, 0.5) is 4.39 Å². The molecule has 1 heterocycles. The van der Waals surface area contributed by atoms with Crippen LogP contribution in [0.25, 0.3) is 0 Å². The normalized spacial score (nSPS) is 13.5. The smallest absolute Gasteiger partial charge is 0.251 e. The lowest BCUT2D eigenvalue weighted by Gasteiger charge is -2.24. The van der Waals surface area contributed by atoms with Crippen LogP contribution in [0.2, 0.25) is 0 Å². The number of benzene rings is 1. The van der Waals surface area contributed by atoms with E-state index < -0.39 is 0 Å². The lowest BCUT2D eigenvalue weighted by molar-refractivity contribution is 0.0644. The van der Waals surface area contributed by atoms with E-state index >= 15 is 0 Å². The second-order valence-electron chi connectivity index (χ2n) is 4.71. The van der Waals surface area contributed by atoms with Gasteiger partial charge in [-0.2, -0.15) is 0 Å². The maximum Gasteiger partial charge on any atom is 0.251 e. The molecule has 1 aromatic carbocycles. The van der Waals surface area contributed by atoms with Crippen molar-refractivity contribution in [3.63, 3.8) is 0 Å². The summed E-state index contributed by atoms with van der Waals surface area (Å²) in [6.07, 6.45) is 2.78. The largest absolute Gasteiger partial charge is 0.375 e. The minimum absolute atomic E-state index is 0.200. The van der Waals surface area contributed by atoms with E-state index in [1.807, 2.05) is 6.92 Å². The molecule has 0 aliphatic heterocycles. The minimum Gasteiger partial charge on any atom is -0.375 e. The molecule has 0 radical (unpaired) electrons. The molecule has 0 aliphatic carbocycles. The Morgan fingerprint density at radius 2 is 1.81 bits per heavy atom. The van der Waals surface area contributed by atoms with Gasteiger partial charge < -0.3 is 10.1 Å². The predicted octanol–water partition coefficient (Wildman–Crippen LogP) is 2.73. The molecule has 4 nitrogen and oxygen atoms in total. The van der Waals surface area contributed by atoms with Crippen LogP contribution in [0.1, 0.15) is 28.9 Å². The summed E-state index contributed by atoms with van der Waals surface area (Å²) in [5.74, 6) is -0.504. The Bertz CT molecular complexity index is 587. The van der Waals surface area contributed by atoms with Crippen molar-refractivity contribution in [3.05, 3.63) is 65.7 Å². The number of nitrogens with one attached hydrogen (secondary N) is 1. The summed E-state index contributed by atoms with van der Waals surface area (Å²) in [6.45, 7) is 1.84. The van der Waals surface area contributed by atoms with Crippen molar-refractivity contribution >= 4 is 5.91 Å². The first-order valence-electron chi connectivity index (χ1n) is 6.61. The number of amides is 1. The molecule has 1 aromatic heterocycles.